The van der Waals surface area contributed by atoms with Crippen LogP contribution in [0.25, 0.3) is 0 Å². The molecule has 1 amide bonds. The van der Waals surface area contributed by atoms with Crippen molar-refractivity contribution in [2.24, 2.45) is 0 Å². The minimum atomic E-state index is -4.99. The lowest BCUT2D eigenvalue weighted by Gasteiger charge is -2.34. The number of carbonyl (C=O) groups excluding carboxylic acids is 1. The van der Waals surface area contributed by atoms with Crippen LogP contribution < -0.4 is 10.6 Å². The van der Waals surface area contributed by atoms with Crippen LogP contribution >= 0.6 is 0 Å². The fraction of sp³-hybridized carbons (Fsp3) is 0.462. The fourth-order valence-electron chi connectivity index (χ4n) is 2.22. The van der Waals surface area contributed by atoms with Gasteiger partial charge in [0.2, 0.25) is 0 Å². The van der Waals surface area contributed by atoms with Crippen molar-refractivity contribution in [1.82, 2.24) is 10.6 Å². The monoisotopic (exact) mass is 290 g/mol. The van der Waals surface area contributed by atoms with Gasteiger partial charge in [0.1, 0.15) is 6.17 Å². The quantitative estimate of drug-likeness (QED) is 0.819. The third-order valence-electron chi connectivity index (χ3n) is 3.26. The average molecular weight is 290 g/mol. The highest BCUT2D eigenvalue weighted by molar-refractivity contribution is 5.82. The van der Waals surface area contributed by atoms with Gasteiger partial charge in [0, 0.05) is 12.6 Å². The number of hydrogen-bond donors (Lipinski definition) is 2. The highest BCUT2D eigenvalue weighted by Crippen LogP contribution is 2.25. The lowest BCUT2D eigenvalue weighted by atomic mass is 9.92. The Balaban J connectivity index is 2.04. The maximum absolute atomic E-state index is 13.6. The molecule has 7 heteroatoms. The Morgan fingerprint density at radius 3 is 2.50 bits per heavy atom. The first-order valence-electron chi connectivity index (χ1n) is 6.18. The molecule has 1 aromatic carbocycles. The number of halogens is 4. The zero-order valence-electron chi connectivity index (χ0n) is 10.5. The second kappa shape index (κ2) is 5.78. The summed E-state index contributed by atoms with van der Waals surface area (Å²) in [4.78, 5) is 10.9. The summed E-state index contributed by atoms with van der Waals surface area (Å²) in [6.45, 7) is -0.0949. The van der Waals surface area contributed by atoms with E-state index in [0.29, 0.717) is 0 Å². The maximum atomic E-state index is 13.6. The van der Waals surface area contributed by atoms with Gasteiger partial charge in [-0.1, -0.05) is 30.3 Å². The number of benzene rings is 1. The molecule has 0 bridgehead atoms. The Hall–Kier alpha value is -1.63. The molecule has 2 rings (SSSR count). The summed E-state index contributed by atoms with van der Waals surface area (Å²) in [7, 11) is 0. The van der Waals surface area contributed by atoms with E-state index in [0.717, 1.165) is 5.56 Å². The molecule has 0 aromatic heterocycles. The summed E-state index contributed by atoms with van der Waals surface area (Å²) in [5, 5.41) is 4.65. The predicted molar refractivity (Wildman–Crippen MR) is 64.7 cm³/mol. The SMILES string of the molecule is O=C(N[C@H]1C[C@@H](c2ccccc2)NCC1F)C(F)(F)F. The average Bonchev–Trinajstić information content (AvgIpc) is 2.41. The van der Waals surface area contributed by atoms with Crippen LogP contribution in [-0.2, 0) is 4.79 Å². The van der Waals surface area contributed by atoms with Crippen molar-refractivity contribution in [1.29, 1.82) is 0 Å². The van der Waals surface area contributed by atoms with E-state index < -0.39 is 24.3 Å². The molecular weight excluding hydrogens is 276 g/mol. The van der Waals surface area contributed by atoms with Crippen LogP contribution in [0.3, 0.4) is 0 Å². The van der Waals surface area contributed by atoms with Crippen LogP contribution in [-0.4, -0.2) is 30.8 Å². The number of alkyl halides is 4. The summed E-state index contributed by atoms with van der Waals surface area (Å²) >= 11 is 0. The second-order valence-electron chi connectivity index (χ2n) is 4.70. The summed E-state index contributed by atoms with van der Waals surface area (Å²) in [6.07, 6.45) is -6.46. The normalized spacial score (nSPS) is 27.1. The molecular formula is C13H14F4N2O. The van der Waals surface area contributed by atoms with Gasteiger partial charge in [-0.25, -0.2) is 4.39 Å². The first-order valence-corrected chi connectivity index (χ1v) is 6.18. The summed E-state index contributed by atoms with van der Waals surface area (Å²) in [5.74, 6) is -2.10. The van der Waals surface area contributed by atoms with Gasteiger partial charge in [0.15, 0.2) is 0 Å². The van der Waals surface area contributed by atoms with Crippen molar-refractivity contribution < 1.29 is 22.4 Å². The lowest BCUT2D eigenvalue weighted by molar-refractivity contribution is -0.175. The molecule has 1 aliphatic rings. The van der Waals surface area contributed by atoms with Gasteiger partial charge in [-0.15, -0.1) is 0 Å². The van der Waals surface area contributed by atoms with E-state index in [-0.39, 0.29) is 19.0 Å². The Kier molecular flexibility index (Phi) is 4.27. The standard InChI is InChI=1S/C13H14F4N2O/c14-9-7-18-10(8-4-2-1-3-5-8)6-11(9)19-12(20)13(15,16)17/h1-5,9-11,18H,6-7H2,(H,19,20)/t9?,10-,11-/m0/s1. The Morgan fingerprint density at radius 1 is 1.25 bits per heavy atom. The van der Waals surface area contributed by atoms with E-state index in [9.17, 15) is 22.4 Å². The molecule has 2 N–H and O–H groups in total. The number of nitrogens with one attached hydrogen (secondary N) is 2. The number of amides is 1. The topological polar surface area (TPSA) is 41.1 Å². The fourth-order valence-corrected chi connectivity index (χ4v) is 2.22. The molecule has 0 saturated carbocycles. The minimum absolute atomic E-state index is 0.0764. The number of hydrogen-bond acceptors (Lipinski definition) is 2. The van der Waals surface area contributed by atoms with Gasteiger partial charge in [0.05, 0.1) is 6.04 Å². The molecule has 1 saturated heterocycles. The number of carbonyl (C=O) groups is 1. The van der Waals surface area contributed by atoms with Crippen molar-refractivity contribution in [3.05, 3.63) is 35.9 Å². The Labute approximate surface area is 113 Å². The molecule has 1 unspecified atom stereocenters. The molecule has 110 valence electrons. The zero-order valence-corrected chi connectivity index (χ0v) is 10.5. The van der Waals surface area contributed by atoms with Crippen molar-refractivity contribution in [2.75, 3.05) is 6.54 Å². The highest BCUT2D eigenvalue weighted by Gasteiger charge is 2.42. The zero-order chi connectivity index (χ0) is 14.8. The van der Waals surface area contributed by atoms with E-state index in [1.54, 1.807) is 29.6 Å². The largest absolute Gasteiger partial charge is 0.471 e. The maximum Gasteiger partial charge on any atom is 0.471 e. The lowest BCUT2D eigenvalue weighted by Crippen LogP contribution is -2.54. The molecule has 3 atom stereocenters. The van der Waals surface area contributed by atoms with E-state index in [1.807, 2.05) is 6.07 Å². The summed E-state index contributed by atoms with van der Waals surface area (Å²) in [6, 6.07) is 7.59. The smallest absolute Gasteiger partial charge is 0.342 e. The number of rotatable bonds is 2. The van der Waals surface area contributed by atoms with Gasteiger partial charge < -0.3 is 10.6 Å². The van der Waals surface area contributed by atoms with Crippen LogP contribution in [0.4, 0.5) is 17.6 Å². The van der Waals surface area contributed by atoms with Crippen LogP contribution in [0.1, 0.15) is 18.0 Å². The van der Waals surface area contributed by atoms with E-state index in [1.165, 1.54) is 0 Å². The van der Waals surface area contributed by atoms with E-state index >= 15 is 0 Å². The van der Waals surface area contributed by atoms with E-state index in [2.05, 4.69) is 5.32 Å². The van der Waals surface area contributed by atoms with E-state index in [4.69, 9.17) is 0 Å². The molecule has 1 aromatic rings. The summed E-state index contributed by atoms with van der Waals surface area (Å²) < 4.78 is 50.2. The van der Waals surface area contributed by atoms with Crippen molar-refractivity contribution in [3.63, 3.8) is 0 Å². The number of piperidine rings is 1. The third-order valence-corrected chi connectivity index (χ3v) is 3.26. The highest BCUT2D eigenvalue weighted by atomic mass is 19.4. The van der Waals surface area contributed by atoms with Crippen LogP contribution in [0.15, 0.2) is 30.3 Å². The Morgan fingerprint density at radius 2 is 1.90 bits per heavy atom. The molecule has 1 fully saturated rings. The Bertz CT molecular complexity index is 463. The second-order valence-corrected chi connectivity index (χ2v) is 4.70. The van der Waals surface area contributed by atoms with Gasteiger partial charge in [-0.3, -0.25) is 4.79 Å². The molecule has 0 spiro atoms. The predicted octanol–water partition coefficient (Wildman–Crippen LogP) is 2.11. The molecule has 3 nitrogen and oxygen atoms in total. The third kappa shape index (κ3) is 3.47. The van der Waals surface area contributed by atoms with Gasteiger partial charge in [-0.05, 0) is 12.0 Å². The van der Waals surface area contributed by atoms with Crippen molar-refractivity contribution in [3.8, 4) is 0 Å². The van der Waals surface area contributed by atoms with Crippen LogP contribution in [0, 0.1) is 0 Å². The van der Waals surface area contributed by atoms with Gasteiger partial charge in [0.25, 0.3) is 0 Å². The molecule has 1 aliphatic heterocycles. The van der Waals surface area contributed by atoms with Crippen LogP contribution in [0.5, 0.6) is 0 Å². The first kappa shape index (κ1) is 14.8. The summed E-state index contributed by atoms with van der Waals surface area (Å²) in [5.41, 5.74) is 0.852. The van der Waals surface area contributed by atoms with Crippen LogP contribution in [0.2, 0.25) is 0 Å². The van der Waals surface area contributed by atoms with Gasteiger partial charge >= 0.3 is 12.1 Å². The molecule has 1 heterocycles. The molecule has 0 aliphatic carbocycles. The first-order chi connectivity index (χ1) is 9.38. The minimum Gasteiger partial charge on any atom is -0.342 e. The molecule has 20 heavy (non-hydrogen) atoms. The van der Waals surface area contributed by atoms with Crippen molar-refractivity contribution in [2.45, 2.75) is 30.9 Å². The van der Waals surface area contributed by atoms with Crippen molar-refractivity contribution >= 4 is 5.91 Å². The van der Waals surface area contributed by atoms with Gasteiger partial charge in [-0.2, -0.15) is 13.2 Å². The molecule has 0 radical (unpaired) electrons.